The van der Waals surface area contributed by atoms with Crippen LogP contribution in [0.2, 0.25) is 0 Å². The van der Waals surface area contributed by atoms with Crippen molar-refractivity contribution >= 4 is 11.8 Å². The molecule has 1 fully saturated rings. The lowest BCUT2D eigenvalue weighted by Crippen LogP contribution is -2.12. The van der Waals surface area contributed by atoms with Gasteiger partial charge in [-0.15, -0.1) is 0 Å². The lowest BCUT2D eigenvalue weighted by molar-refractivity contribution is -0.119. The van der Waals surface area contributed by atoms with E-state index in [0.717, 1.165) is 31.2 Å². The van der Waals surface area contributed by atoms with E-state index < -0.39 is 5.97 Å². The normalized spacial score (nSPS) is 21.9. The Morgan fingerprint density at radius 2 is 1.40 bits per heavy atom. The molecule has 1 aromatic rings. The fourth-order valence-corrected chi connectivity index (χ4v) is 3.92. The van der Waals surface area contributed by atoms with Gasteiger partial charge >= 0.3 is 5.97 Å². The Bertz CT molecular complexity index is 550. The van der Waals surface area contributed by atoms with E-state index in [1.54, 1.807) is 12.1 Å². The minimum absolute atomic E-state index is 0.0462. The molecule has 3 heteroatoms. The van der Waals surface area contributed by atoms with Gasteiger partial charge in [-0.1, -0.05) is 76.0 Å². The SMILES string of the molecule is O=C1CCCCCCCCCCCCC(c2ccccc2C(=O)O)C1. The second kappa shape index (κ2) is 11.1. The summed E-state index contributed by atoms with van der Waals surface area (Å²) >= 11 is 0. The van der Waals surface area contributed by atoms with Crippen LogP contribution in [0.25, 0.3) is 0 Å². The maximum Gasteiger partial charge on any atom is 0.335 e. The zero-order valence-electron chi connectivity index (χ0n) is 15.3. The van der Waals surface area contributed by atoms with Crippen molar-refractivity contribution < 1.29 is 14.7 Å². The van der Waals surface area contributed by atoms with Gasteiger partial charge in [-0.2, -0.15) is 0 Å². The highest BCUT2D eigenvalue weighted by Crippen LogP contribution is 2.30. The molecule has 0 aliphatic heterocycles. The van der Waals surface area contributed by atoms with Gasteiger partial charge in [-0.25, -0.2) is 4.79 Å². The maximum absolute atomic E-state index is 12.4. The highest BCUT2D eigenvalue weighted by molar-refractivity contribution is 5.90. The Hall–Kier alpha value is -1.64. The molecule has 1 unspecified atom stereocenters. The van der Waals surface area contributed by atoms with Crippen molar-refractivity contribution in [1.82, 2.24) is 0 Å². The molecule has 138 valence electrons. The molecular weight excluding hydrogens is 312 g/mol. The van der Waals surface area contributed by atoms with Crippen LogP contribution in [-0.2, 0) is 4.79 Å². The molecule has 1 aromatic carbocycles. The first-order valence-corrected chi connectivity index (χ1v) is 10.0. The quantitative estimate of drug-likeness (QED) is 0.703. The van der Waals surface area contributed by atoms with Crippen LogP contribution < -0.4 is 0 Å². The number of hydrogen-bond donors (Lipinski definition) is 1. The van der Waals surface area contributed by atoms with Crippen molar-refractivity contribution in [2.45, 2.75) is 89.4 Å². The van der Waals surface area contributed by atoms with E-state index in [9.17, 15) is 14.7 Å². The summed E-state index contributed by atoms with van der Waals surface area (Å²) in [6.45, 7) is 0. The third-order valence-electron chi connectivity index (χ3n) is 5.36. The van der Waals surface area contributed by atoms with E-state index in [4.69, 9.17) is 0 Å². The first-order chi connectivity index (χ1) is 12.2. The summed E-state index contributed by atoms with van der Waals surface area (Å²) in [6, 6.07) is 7.22. The Balaban J connectivity index is 2.08. The fraction of sp³-hybridized carbons (Fsp3) is 0.636. The van der Waals surface area contributed by atoms with Crippen LogP contribution >= 0.6 is 0 Å². The van der Waals surface area contributed by atoms with E-state index in [2.05, 4.69) is 0 Å². The van der Waals surface area contributed by atoms with Gasteiger partial charge in [0.1, 0.15) is 5.78 Å². The molecule has 0 heterocycles. The largest absolute Gasteiger partial charge is 0.478 e. The zero-order valence-corrected chi connectivity index (χ0v) is 15.3. The van der Waals surface area contributed by atoms with Crippen LogP contribution in [0.3, 0.4) is 0 Å². The van der Waals surface area contributed by atoms with Gasteiger partial charge in [0, 0.05) is 12.8 Å². The first-order valence-electron chi connectivity index (χ1n) is 10.0. The Kier molecular flexibility index (Phi) is 8.71. The number of hydrogen-bond acceptors (Lipinski definition) is 2. The summed E-state index contributed by atoms with van der Waals surface area (Å²) in [5.41, 5.74) is 1.20. The van der Waals surface area contributed by atoms with Crippen LogP contribution in [0.5, 0.6) is 0 Å². The molecule has 1 saturated carbocycles. The smallest absolute Gasteiger partial charge is 0.335 e. The predicted octanol–water partition coefficient (Wildman–Crippen LogP) is 6.12. The van der Waals surface area contributed by atoms with Crippen LogP contribution in [0, 0.1) is 0 Å². The second-order valence-electron chi connectivity index (χ2n) is 7.41. The third-order valence-corrected chi connectivity index (χ3v) is 5.36. The summed E-state index contributed by atoms with van der Waals surface area (Å²) in [5.74, 6) is -0.552. The molecular formula is C22H32O3. The maximum atomic E-state index is 12.4. The highest BCUT2D eigenvalue weighted by atomic mass is 16.4. The average molecular weight is 344 g/mol. The molecule has 0 aromatic heterocycles. The number of ketones is 1. The Labute approximate surface area is 151 Å². The number of carbonyl (C=O) groups excluding carboxylic acids is 1. The van der Waals surface area contributed by atoms with E-state index in [-0.39, 0.29) is 5.92 Å². The van der Waals surface area contributed by atoms with Gasteiger partial charge in [0.25, 0.3) is 0 Å². The number of rotatable bonds is 2. The number of Topliss-reactive ketones (excluding diaryl/α,β-unsaturated/α-hetero) is 1. The third kappa shape index (κ3) is 7.01. The molecule has 1 atom stereocenters. The van der Waals surface area contributed by atoms with Gasteiger partial charge in [-0.3, -0.25) is 4.79 Å². The second-order valence-corrected chi connectivity index (χ2v) is 7.41. The molecule has 3 nitrogen and oxygen atoms in total. The molecule has 1 N–H and O–H groups in total. The predicted molar refractivity (Wildman–Crippen MR) is 101 cm³/mol. The summed E-state index contributed by atoms with van der Waals surface area (Å²) in [4.78, 5) is 24.0. The van der Waals surface area contributed by atoms with Gasteiger partial charge in [0.2, 0.25) is 0 Å². The standard InChI is InChI=1S/C22H32O3/c23-19-14-10-8-6-4-2-1-3-5-7-9-13-18(17-19)20-15-11-12-16-21(20)22(24)25/h11-12,15-16,18H,1-10,13-14,17H2,(H,24,25). The monoisotopic (exact) mass is 344 g/mol. The zero-order chi connectivity index (χ0) is 17.9. The number of carboxylic acid groups (broad SMARTS) is 1. The van der Waals surface area contributed by atoms with E-state index in [1.165, 1.54) is 44.9 Å². The van der Waals surface area contributed by atoms with Crippen LogP contribution in [0.15, 0.2) is 24.3 Å². The highest BCUT2D eigenvalue weighted by Gasteiger charge is 2.21. The van der Waals surface area contributed by atoms with Crippen molar-refractivity contribution in [2.75, 3.05) is 0 Å². The Morgan fingerprint density at radius 1 is 0.840 bits per heavy atom. The molecule has 0 bridgehead atoms. The van der Waals surface area contributed by atoms with E-state index in [1.807, 2.05) is 12.1 Å². The van der Waals surface area contributed by atoms with Crippen LogP contribution in [0.1, 0.15) is 105 Å². The average Bonchev–Trinajstić information content (AvgIpc) is 2.61. The molecule has 0 saturated heterocycles. The fourth-order valence-electron chi connectivity index (χ4n) is 3.92. The lowest BCUT2D eigenvalue weighted by atomic mass is 9.85. The van der Waals surface area contributed by atoms with Crippen molar-refractivity contribution in [3.8, 4) is 0 Å². The molecule has 1 aliphatic rings. The van der Waals surface area contributed by atoms with Crippen molar-refractivity contribution in [1.29, 1.82) is 0 Å². The number of benzene rings is 1. The molecule has 0 amide bonds. The summed E-state index contributed by atoms with van der Waals surface area (Å²) in [7, 11) is 0. The Morgan fingerprint density at radius 3 is 2.04 bits per heavy atom. The van der Waals surface area contributed by atoms with Crippen molar-refractivity contribution in [3.63, 3.8) is 0 Å². The molecule has 2 rings (SSSR count). The number of aromatic carboxylic acids is 1. The van der Waals surface area contributed by atoms with Gasteiger partial charge in [0.05, 0.1) is 5.56 Å². The number of carboxylic acids is 1. The van der Waals surface area contributed by atoms with E-state index in [0.29, 0.717) is 24.2 Å². The van der Waals surface area contributed by atoms with E-state index >= 15 is 0 Å². The van der Waals surface area contributed by atoms with Gasteiger partial charge < -0.3 is 5.11 Å². The first kappa shape index (κ1) is 19.7. The minimum atomic E-state index is -0.890. The van der Waals surface area contributed by atoms with Crippen molar-refractivity contribution in [2.24, 2.45) is 0 Å². The van der Waals surface area contributed by atoms with Crippen molar-refractivity contribution in [3.05, 3.63) is 35.4 Å². The summed E-state index contributed by atoms with van der Waals surface area (Å²) in [5, 5.41) is 9.49. The van der Waals surface area contributed by atoms with Gasteiger partial charge in [0.15, 0.2) is 0 Å². The number of carbonyl (C=O) groups is 2. The van der Waals surface area contributed by atoms with Gasteiger partial charge in [-0.05, 0) is 30.4 Å². The topological polar surface area (TPSA) is 54.4 Å². The molecule has 0 radical (unpaired) electrons. The van der Waals surface area contributed by atoms with Crippen LogP contribution in [-0.4, -0.2) is 16.9 Å². The summed E-state index contributed by atoms with van der Waals surface area (Å²) < 4.78 is 0. The molecule has 0 spiro atoms. The minimum Gasteiger partial charge on any atom is -0.478 e. The lowest BCUT2D eigenvalue weighted by Gasteiger charge is -2.19. The summed E-state index contributed by atoms with van der Waals surface area (Å²) in [6.07, 6.45) is 14.1. The molecule has 1 aliphatic carbocycles. The molecule has 25 heavy (non-hydrogen) atoms. The van der Waals surface area contributed by atoms with Crippen LogP contribution in [0.4, 0.5) is 0 Å².